The molecule has 3 nitrogen and oxygen atoms in total. The van der Waals surface area contributed by atoms with Gasteiger partial charge in [0.15, 0.2) is 0 Å². The van der Waals surface area contributed by atoms with Gasteiger partial charge in [-0.25, -0.2) is 0 Å². The highest BCUT2D eigenvalue weighted by Gasteiger charge is 2.31. The Morgan fingerprint density at radius 3 is 2.77 bits per heavy atom. The Labute approximate surface area is 78.7 Å². The highest BCUT2D eigenvalue weighted by atomic mass is 16.4. The fourth-order valence-electron chi connectivity index (χ4n) is 2.13. The second kappa shape index (κ2) is 3.66. The van der Waals surface area contributed by atoms with E-state index in [2.05, 4.69) is 4.90 Å². The molecule has 1 heterocycles. The van der Waals surface area contributed by atoms with E-state index in [4.69, 9.17) is 5.11 Å². The maximum Gasteiger partial charge on any atom is 0.320 e. The zero-order valence-electron chi connectivity index (χ0n) is 7.91. The topological polar surface area (TPSA) is 40.5 Å². The average Bonchev–Trinajstić information content (AvgIpc) is 2.79. The van der Waals surface area contributed by atoms with Crippen LogP contribution >= 0.6 is 0 Å². The highest BCUT2D eigenvalue weighted by molar-refractivity contribution is 5.73. The molecule has 0 radical (unpaired) electrons. The van der Waals surface area contributed by atoms with Crippen molar-refractivity contribution in [2.75, 3.05) is 13.1 Å². The van der Waals surface area contributed by atoms with Crippen molar-refractivity contribution in [2.24, 2.45) is 5.92 Å². The van der Waals surface area contributed by atoms with Crippen LogP contribution in [-0.4, -0.2) is 35.1 Å². The Morgan fingerprint density at radius 1 is 1.38 bits per heavy atom. The number of nitrogens with zero attached hydrogens (tertiary/aromatic N) is 1. The first kappa shape index (κ1) is 9.00. The summed E-state index contributed by atoms with van der Waals surface area (Å²) in [5.41, 5.74) is 0. The Bertz CT molecular complexity index is 201. The summed E-state index contributed by atoms with van der Waals surface area (Å²) in [5.74, 6) is 0.281. The van der Waals surface area contributed by atoms with Gasteiger partial charge in [0.2, 0.25) is 0 Å². The molecule has 2 rings (SSSR count). The van der Waals surface area contributed by atoms with Crippen molar-refractivity contribution in [1.82, 2.24) is 4.90 Å². The molecule has 1 saturated heterocycles. The molecular weight excluding hydrogens is 166 g/mol. The van der Waals surface area contributed by atoms with Crippen LogP contribution < -0.4 is 0 Å². The molecule has 1 N–H and O–H groups in total. The van der Waals surface area contributed by atoms with Crippen LogP contribution in [-0.2, 0) is 4.79 Å². The molecule has 1 aliphatic carbocycles. The fraction of sp³-hybridized carbons (Fsp3) is 0.900. The molecule has 0 aromatic carbocycles. The van der Waals surface area contributed by atoms with Gasteiger partial charge in [0.1, 0.15) is 6.04 Å². The SMILES string of the molecule is O=C(O)C1CCCN1CCC1CC1. The summed E-state index contributed by atoms with van der Waals surface area (Å²) >= 11 is 0. The minimum absolute atomic E-state index is 0.182. The Hall–Kier alpha value is -0.570. The van der Waals surface area contributed by atoms with Gasteiger partial charge >= 0.3 is 5.97 Å². The monoisotopic (exact) mass is 183 g/mol. The predicted molar refractivity (Wildman–Crippen MR) is 49.6 cm³/mol. The van der Waals surface area contributed by atoms with Crippen molar-refractivity contribution in [2.45, 2.75) is 38.1 Å². The van der Waals surface area contributed by atoms with Crippen molar-refractivity contribution in [1.29, 1.82) is 0 Å². The third kappa shape index (κ3) is 2.21. The number of likely N-dealkylation sites (tertiary alicyclic amines) is 1. The lowest BCUT2D eigenvalue weighted by atomic mass is 10.2. The molecule has 0 aromatic heterocycles. The summed E-state index contributed by atoms with van der Waals surface area (Å²) < 4.78 is 0. The van der Waals surface area contributed by atoms with Crippen LogP contribution in [0.25, 0.3) is 0 Å². The van der Waals surface area contributed by atoms with E-state index in [1.165, 1.54) is 19.3 Å². The molecule has 74 valence electrons. The Kier molecular flexibility index (Phi) is 2.54. The first-order valence-corrected chi connectivity index (χ1v) is 5.24. The van der Waals surface area contributed by atoms with Crippen LogP contribution in [0.2, 0.25) is 0 Å². The van der Waals surface area contributed by atoms with Crippen LogP contribution in [0.4, 0.5) is 0 Å². The Morgan fingerprint density at radius 2 is 2.15 bits per heavy atom. The van der Waals surface area contributed by atoms with E-state index in [1.54, 1.807) is 0 Å². The van der Waals surface area contributed by atoms with Gasteiger partial charge < -0.3 is 5.11 Å². The largest absolute Gasteiger partial charge is 0.480 e. The van der Waals surface area contributed by atoms with E-state index in [9.17, 15) is 4.79 Å². The van der Waals surface area contributed by atoms with Gasteiger partial charge in [-0.2, -0.15) is 0 Å². The summed E-state index contributed by atoms with van der Waals surface area (Å²) in [4.78, 5) is 13.0. The number of hydrogen-bond acceptors (Lipinski definition) is 2. The normalized spacial score (nSPS) is 29.4. The van der Waals surface area contributed by atoms with E-state index in [-0.39, 0.29) is 6.04 Å². The summed E-state index contributed by atoms with van der Waals surface area (Å²) in [5, 5.41) is 8.92. The molecular formula is C10H17NO2. The van der Waals surface area contributed by atoms with Crippen molar-refractivity contribution in [3.05, 3.63) is 0 Å². The van der Waals surface area contributed by atoms with Gasteiger partial charge in [-0.15, -0.1) is 0 Å². The second-order valence-electron chi connectivity index (χ2n) is 4.26. The molecule has 13 heavy (non-hydrogen) atoms. The lowest BCUT2D eigenvalue weighted by Gasteiger charge is -2.20. The van der Waals surface area contributed by atoms with Gasteiger partial charge in [-0.3, -0.25) is 9.69 Å². The lowest BCUT2D eigenvalue weighted by molar-refractivity contribution is -0.142. The van der Waals surface area contributed by atoms with E-state index in [1.807, 2.05) is 0 Å². The summed E-state index contributed by atoms with van der Waals surface area (Å²) in [6.07, 6.45) is 5.85. The molecule has 3 heteroatoms. The zero-order valence-corrected chi connectivity index (χ0v) is 7.91. The summed E-state index contributed by atoms with van der Waals surface area (Å²) in [6.45, 7) is 1.99. The third-order valence-corrected chi connectivity index (χ3v) is 3.17. The molecule has 0 bridgehead atoms. The second-order valence-corrected chi connectivity index (χ2v) is 4.26. The number of aliphatic carboxylic acids is 1. The lowest BCUT2D eigenvalue weighted by Crippen LogP contribution is -2.36. The van der Waals surface area contributed by atoms with Crippen molar-refractivity contribution >= 4 is 5.97 Å². The molecule has 1 atom stereocenters. The van der Waals surface area contributed by atoms with E-state index < -0.39 is 5.97 Å². The first-order valence-electron chi connectivity index (χ1n) is 5.24. The van der Waals surface area contributed by atoms with Gasteiger partial charge in [-0.1, -0.05) is 12.8 Å². The predicted octanol–water partition coefficient (Wildman–Crippen LogP) is 1.34. The molecule has 2 fully saturated rings. The molecule has 1 saturated carbocycles. The number of hydrogen-bond donors (Lipinski definition) is 1. The van der Waals surface area contributed by atoms with E-state index in [0.29, 0.717) is 0 Å². The summed E-state index contributed by atoms with van der Waals surface area (Å²) in [6, 6.07) is -0.182. The molecule has 0 spiro atoms. The maximum atomic E-state index is 10.8. The van der Waals surface area contributed by atoms with Gasteiger partial charge in [0.25, 0.3) is 0 Å². The average molecular weight is 183 g/mol. The fourth-order valence-corrected chi connectivity index (χ4v) is 2.13. The zero-order chi connectivity index (χ0) is 9.26. The molecule has 0 aromatic rings. The van der Waals surface area contributed by atoms with Crippen LogP contribution in [0.5, 0.6) is 0 Å². The highest BCUT2D eigenvalue weighted by Crippen LogP contribution is 2.33. The molecule has 1 aliphatic heterocycles. The van der Waals surface area contributed by atoms with Crippen molar-refractivity contribution < 1.29 is 9.90 Å². The van der Waals surface area contributed by atoms with Crippen molar-refractivity contribution in [3.8, 4) is 0 Å². The van der Waals surface area contributed by atoms with Gasteiger partial charge in [-0.05, 0) is 38.3 Å². The third-order valence-electron chi connectivity index (χ3n) is 3.17. The minimum Gasteiger partial charge on any atom is -0.480 e. The molecule has 0 amide bonds. The standard InChI is InChI=1S/C10H17NO2/c12-10(13)9-2-1-6-11(9)7-5-8-3-4-8/h8-9H,1-7H2,(H,12,13). The van der Waals surface area contributed by atoms with E-state index >= 15 is 0 Å². The minimum atomic E-state index is -0.631. The number of carboxylic acids is 1. The quantitative estimate of drug-likeness (QED) is 0.715. The number of carbonyl (C=O) groups is 1. The molecule has 2 aliphatic rings. The first-order chi connectivity index (χ1) is 6.27. The summed E-state index contributed by atoms with van der Waals surface area (Å²) in [7, 11) is 0. The van der Waals surface area contributed by atoms with Gasteiger partial charge in [0.05, 0.1) is 0 Å². The smallest absolute Gasteiger partial charge is 0.320 e. The van der Waals surface area contributed by atoms with Crippen molar-refractivity contribution in [3.63, 3.8) is 0 Å². The Balaban J connectivity index is 1.78. The van der Waals surface area contributed by atoms with E-state index in [0.717, 1.165) is 31.8 Å². The van der Waals surface area contributed by atoms with Crippen LogP contribution in [0, 0.1) is 5.92 Å². The number of rotatable bonds is 4. The van der Waals surface area contributed by atoms with Crippen LogP contribution in [0.3, 0.4) is 0 Å². The van der Waals surface area contributed by atoms with Crippen LogP contribution in [0.1, 0.15) is 32.1 Å². The number of carboxylic acid groups (broad SMARTS) is 1. The van der Waals surface area contributed by atoms with Crippen LogP contribution in [0.15, 0.2) is 0 Å². The maximum absolute atomic E-state index is 10.8. The van der Waals surface area contributed by atoms with Gasteiger partial charge in [0, 0.05) is 0 Å². The molecule has 1 unspecified atom stereocenters.